The zero-order valence-electron chi connectivity index (χ0n) is 31.1. The third-order valence-corrected chi connectivity index (χ3v) is 10.6. The molecule has 5 nitrogen and oxygen atoms in total. The van der Waals surface area contributed by atoms with Crippen LogP contribution in [0.3, 0.4) is 0 Å². The molecule has 0 amide bonds. The summed E-state index contributed by atoms with van der Waals surface area (Å²) in [5.41, 5.74) is -1.13. The first-order valence-electron chi connectivity index (χ1n) is 18.7. The summed E-state index contributed by atoms with van der Waals surface area (Å²) in [6, 6.07) is 22.4. The van der Waals surface area contributed by atoms with E-state index < -0.39 is 68.8 Å². The van der Waals surface area contributed by atoms with Crippen LogP contribution in [0.5, 0.6) is 0 Å². The Hall–Kier alpha value is -7.80. The average molecular weight is 824 g/mol. The maximum atomic E-state index is 15.9. The molecule has 13 heteroatoms. The number of aromatic nitrogens is 5. The van der Waals surface area contributed by atoms with Gasteiger partial charge in [-0.15, -0.1) is 0 Å². The van der Waals surface area contributed by atoms with Crippen LogP contribution in [0.15, 0.2) is 109 Å². The molecular formula is C48H25F8N5. The fourth-order valence-corrected chi connectivity index (χ4v) is 7.91. The topological polar surface area (TPSA) is 73.2 Å². The Morgan fingerprint density at radius 1 is 0.246 bits per heavy atom. The second kappa shape index (κ2) is 14.5. The van der Waals surface area contributed by atoms with E-state index in [0.29, 0.717) is 11.0 Å². The lowest BCUT2D eigenvalue weighted by Crippen LogP contribution is -1.96. The molecule has 0 saturated heterocycles. The molecule has 10 rings (SSSR count). The van der Waals surface area contributed by atoms with Gasteiger partial charge < -0.3 is 15.0 Å². The molecule has 3 N–H and O–H groups in total. The highest BCUT2D eigenvalue weighted by Crippen LogP contribution is 2.41. The van der Waals surface area contributed by atoms with E-state index in [9.17, 15) is 0 Å². The Morgan fingerprint density at radius 2 is 0.443 bits per heavy atom. The first kappa shape index (κ1) is 37.5. The number of nitrogens with one attached hydrogen (secondary N) is 3. The van der Waals surface area contributed by atoms with Gasteiger partial charge in [0.25, 0.3) is 0 Å². The number of aromatic amines is 3. The van der Waals surface area contributed by atoms with Crippen molar-refractivity contribution in [1.82, 2.24) is 24.9 Å². The van der Waals surface area contributed by atoms with Gasteiger partial charge in [-0.05, 0) is 109 Å². The van der Waals surface area contributed by atoms with Crippen LogP contribution in [0.25, 0.3) is 102 Å². The van der Waals surface area contributed by atoms with Gasteiger partial charge in [-0.2, -0.15) is 0 Å². The van der Waals surface area contributed by atoms with Crippen LogP contribution in [0, 0.1) is 46.5 Å². The first-order chi connectivity index (χ1) is 29.5. The van der Waals surface area contributed by atoms with E-state index in [1.807, 2.05) is 0 Å². The average Bonchev–Trinajstić information content (AvgIpc) is 4.09. The van der Waals surface area contributed by atoms with Crippen LogP contribution in [-0.2, 0) is 0 Å². The molecule has 10 bridgehead atoms. The summed E-state index contributed by atoms with van der Waals surface area (Å²) in [6.07, 6.45) is 5.74. The molecule has 4 aromatic carbocycles. The lowest BCUT2D eigenvalue weighted by atomic mass is 10.0. The molecule has 0 atom stereocenters. The van der Waals surface area contributed by atoms with Gasteiger partial charge in [-0.1, -0.05) is 24.3 Å². The molecule has 8 aromatic rings. The fraction of sp³-hybridized carbons (Fsp3) is 0. The third-order valence-electron chi connectivity index (χ3n) is 10.6. The molecule has 0 aliphatic carbocycles. The molecule has 0 saturated carbocycles. The summed E-state index contributed by atoms with van der Waals surface area (Å²) in [7, 11) is 0. The minimum atomic E-state index is -0.979. The normalized spacial score (nSPS) is 12.1. The number of fused-ring (bicyclic) bond motifs is 11. The van der Waals surface area contributed by atoms with E-state index in [0.717, 1.165) is 48.5 Å². The highest BCUT2D eigenvalue weighted by molar-refractivity contribution is 6.00. The van der Waals surface area contributed by atoms with E-state index in [4.69, 9.17) is 9.97 Å². The van der Waals surface area contributed by atoms with Gasteiger partial charge in [0, 0.05) is 44.3 Å². The van der Waals surface area contributed by atoms with Crippen molar-refractivity contribution in [2.75, 3.05) is 0 Å². The first-order valence-corrected chi connectivity index (χ1v) is 18.7. The van der Waals surface area contributed by atoms with Crippen LogP contribution >= 0.6 is 0 Å². The van der Waals surface area contributed by atoms with Crippen molar-refractivity contribution in [2.45, 2.75) is 0 Å². The van der Waals surface area contributed by atoms with Crippen molar-refractivity contribution in [3.63, 3.8) is 0 Å². The Balaban J connectivity index is 1.45. The molecule has 0 unspecified atom stereocenters. The van der Waals surface area contributed by atoms with Crippen molar-refractivity contribution in [3.8, 4) is 44.5 Å². The van der Waals surface area contributed by atoms with Crippen LogP contribution < -0.4 is 0 Å². The van der Waals surface area contributed by atoms with E-state index >= 15 is 35.1 Å². The summed E-state index contributed by atoms with van der Waals surface area (Å²) in [4.78, 5) is 18.9. The summed E-state index contributed by atoms with van der Waals surface area (Å²) < 4.78 is 127. The molecular weight excluding hydrogens is 799 g/mol. The molecule has 0 radical (unpaired) electrons. The standard InChI is InChI=1S/C48H25F8N5/c49-23-5-1-6-24(50)41(23)45-33-15-13-31(57-33)32-14-16-34(58-32)46(42-25(51)7-2-8-26(42)52)36-18-20-38(60-36)48(44-29(55)11-4-12-30(44)56)40-22-21-39(61-40)47(37-19-17-35(45)59-37)43-27(53)9-3-10-28(43)54/h1-22,57-58,61H. The number of benzene rings is 4. The van der Waals surface area contributed by atoms with E-state index in [1.54, 1.807) is 24.3 Å². The number of nitrogens with zero attached hydrogens (tertiary/aromatic N) is 2. The van der Waals surface area contributed by atoms with E-state index in [1.165, 1.54) is 60.7 Å². The molecule has 61 heavy (non-hydrogen) atoms. The van der Waals surface area contributed by atoms with Gasteiger partial charge >= 0.3 is 0 Å². The molecule has 298 valence electrons. The Labute approximate surface area is 339 Å². The number of rotatable bonds is 4. The minimum absolute atomic E-state index is 0.0121. The van der Waals surface area contributed by atoms with Crippen molar-refractivity contribution in [3.05, 3.63) is 179 Å². The van der Waals surface area contributed by atoms with E-state index in [2.05, 4.69) is 15.0 Å². The smallest absolute Gasteiger partial charge is 0.134 e. The van der Waals surface area contributed by atoms with Gasteiger partial charge in [0.1, 0.15) is 46.5 Å². The van der Waals surface area contributed by atoms with Crippen LogP contribution in [0.2, 0.25) is 0 Å². The Bertz CT molecular complexity index is 3130. The van der Waals surface area contributed by atoms with Crippen molar-refractivity contribution in [2.24, 2.45) is 0 Å². The molecule has 6 heterocycles. The van der Waals surface area contributed by atoms with Crippen LogP contribution in [-0.4, -0.2) is 24.9 Å². The third kappa shape index (κ3) is 6.24. The highest BCUT2D eigenvalue weighted by Gasteiger charge is 2.25. The quantitative estimate of drug-likeness (QED) is 0.155. The van der Waals surface area contributed by atoms with Crippen molar-refractivity contribution >= 4 is 57.4 Å². The van der Waals surface area contributed by atoms with Crippen LogP contribution in [0.1, 0.15) is 22.8 Å². The zero-order chi connectivity index (χ0) is 42.1. The predicted octanol–water partition coefficient (Wildman–Crippen LogP) is 13.5. The van der Waals surface area contributed by atoms with Crippen molar-refractivity contribution < 1.29 is 35.1 Å². The Morgan fingerprint density at radius 3 is 0.672 bits per heavy atom. The monoisotopic (exact) mass is 823 g/mol. The summed E-state index contributed by atoms with van der Waals surface area (Å²) in [5, 5.41) is 0. The van der Waals surface area contributed by atoms with Crippen LogP contribution in [0.4, 0.5) is 35.1 Å². The second-order valence-corrected chi connectivity index (χ2v) is 14.2. The maximum absolute atomic E-state index is 15.9. The fourth-order valence-electron chi connectivity index (χ4n) is 7.91. The molecule has 4 aromatic heterocycles. The van der Waals surface area contributed by atoms with Gasteiger partial charge in [0.15, 0.2) is 0 Å². The zero-order valence-corrected chi connectivity index (χ0v) is 31.1. The number of hydrogen-bond donors (Lipinski definition) is 3. The summed E-state index contributed by atoms with van der Waals surface area (Å²) >= 11 is 0. The van der Waals surface area contributed by atoms with Gasteiger partial charge in [-0.3, -0.25) is 0 Å². The van der Waals surface area contributed by atoms with Crippen molar-refractivity contribution in [1.29, 1.82) is 0 Å². The molecule has 2 aliphatic heterocycles. The van der Waals surface area contributed by atoms with E-state index in [-0.39, 0.29) is 67.1 Å². The van der Waals surface area contributed by atoms with Gasteiger partial charge in [0.05, 0.1) is 56.1 Å². The lowest BCUT2D eigenvalue weighted by molar-refractivity contribution is 0.589. The largest absolute Gasteiger partial charge is 0.354 e. The lowest BCUT2D eigenvalue weighted by Gasteiger charge is -2.09. The number of H-pyrrole nitrogens is 3. The maximum Gasteiger partial charge on any atom is 0.134 e. The summed E-state index contributed by atoms with van der Waals surface area (Å²) in [6.45, 7) is 0. The summed E-state index contributed by atoms with van der Waals surface area (Å²) in [5.74, 6) is -7.62. The SMILES string of the molecule is Fc1cccc(F)c1-c1c2nc(c(-c3c(F)cccc3F)c3ccc([nH]3)c3ccc([nH]3)c(-c3c(F)cccc3F)c3nc(c(-c4c(F)cccc4F)c4ccc1[nH]4)C=C3)C=C2. The second-order valence-electron chi connectivity index (χ2n) is 14.2. The van der Waals surface area contributed by atoms with Gasteiger partial charge in [0.2, 0.25) is 0 Å². The number of halogens is 8. The number of hydrogen-bond acceptors (Lipinski definition) is 2. The van der Waals surface area contributed by atoms with Gasteiger partial charge in [-0.25, -0.2) is 45.1 Å². The predicted molar refractivity (Wildman–Crippen MR) is 221 cm³/mol. The molecule has 0 fully saturated rings. The Kier molecular flexibility index (Phi) is 8.90. The molecule has 2 aliphatic rings. The molecule has 0 spiro atoms. The highest BCUT2D eigenvalue weighted by atomic mass is 19.2. The minimum Gasteiger partial charge on any atom is -0.354 e.